The molecule has 0 aromatic heterocycles. The van der Waals surface area contributed by atoms with E-state index in [0.717, 1.165) is 16.7 Å². The zero-order chi connectivity index (χ0) is 15.5. The topological polar surface area (TPSA) is 69.2 Å². The fourth-order valence-corrected chi connectivity index (χ4v) is 2.38. The van der Waals surface area contributed by atoms with Crippen molar-refractivity contribution in [1.29, 1.82) is 0 Å². The Balaban J connectivity index is 2.00. The number of nitrogens with zero attached hydrogens (tertiary/aromatic N) is 1. The molecule has 0 amide bonds. The van der Waals surface area contributed by atoms with E-state index in [1.54, 1.807) is 6.07 Å². The highest BCUT2D eigenvalue weighted by Crippen LogP contribution is 2.31. The highest BCUT2D eigenvalue weighted by atomic mass is 16.6. The van der Waals surface area contributed by atoms with Gasteiger partial charge in [-0.2, -0.15) is 0 Å². The molecule has 0 bridgehead atoms. The van der Waals surface area contributed by atoms with Gasteiger partial charge in [-0.3, -0.25) is 10.1 Å². The highest BCUT2D eigenvalue weighted by molar-refractivity contribution is 5.80. The third-order valence-corrected chi connectivity index (χ3v) is 3.55. The number of rotatable bonds is 3. The number of nitrogens with two attached hydrogens (primary N) is 1. The van der Waals surface area contributed by atoms with E-state index in [2.05, 4.69) is 0 Å². The van der Waals surface area contributed by atoms with E-state index in [1.807, 2.05) is 54.6 Å². The Bertz CT molecular complexity index is 812. The summed E-state index contributed by atoms with van der Waals surface area (Å²) in [5.41, 5.74) is 10.3. The maximum absolute atomic E-state index is 10.9. The standard InChI is InChI=1S/C18H14N2O2/c19-18-11-10-16(20(21)22)12-17(18)15-8-6-14(7-9-15)13-4-2-1-3-5-13/h1-12H,19H2. The fourth-order valence-electron chi connectivity index (χ4n) is 2.38. The molecule has 0 atom stereocenters. The number of nitrogen functional groups attached to an aromatic ring is 1. The van der Waals surface area contributed by atoms with Crippen LogP contribution in [0.4, 0.5) is 11.4 Å². The first-order valence-electron chi connectivity index (χ1n) is 6.85. The van der Waals surface area contributed by atoms with Gasteiger partial charge in [-0.05, 0) is 22.8 Å². The summed E-state index contributed by atoms with van der Waals surface area (Å²) in [5, 5.41) is 10.9. The Kier molecular flexibility index (Phi) is 3.58. The minimum Gasteiger partial charge on any atom is -0.398 e. The Morgan fingerprint density at radius 2 is 1.36 bits per heavy atom. The summed E-state index contributed by atoms with van der Waals surface area (Å²) in [6, 6.07) is 22.3. The van der Waals surface area contributed by atoms with Gasteiger partial charge in [0.15, 0.2) is 0 Å². The van der Waals surface area contributed by atoms with Gasteiger partial charge < -0.3 is 5.73 Å². The van der Waals surface area contributed by atoms with Crippen LogP contribution in [-0.4, -0.2) is 4.92 Å². The van der Waals surface area contributed by atoms with Crippen molar-refractivity contribution in [2.24, 2.45) is 0 Å². The number of hydrogen-bond donors (Lipinski definition) is 1. The van der Waals surface area contributed by atoms with Crippen molar-refractivity contribution in [2.75, 3.05) is 5.73 Å². The number of benzene rings is 3. The van der Waals surface area contributed by atoms with Crippen LogP contribution in [0.25, 0.3) is 22.3 Å². The van der Waals surface area contributed by atoms with Gasteiger partial charge in [0.2, 0.25) is 0 Å². The molecule has 2 N–H and O–H groups in total. The van der Waals surface area contributed by atoms with Crippen LogP contribution in [0.5, 0.6) is 0 Å². The molecule has 22 heavy (non-hydrogen) atoms. The van der Waals surface area contributed by atoms with Crippen molar-refractivity contribution in [1.82, 2.24) is 0 Å². The van der Waals surface area contributed by atoms with Crippen LogP contribution >= 0.6 is 0 Å². The molecule has 0 heterocycles. The van der Waals surface area contributed by atoms with Gasteiger partial charge in [0.1, 0.15) is 0 Å². The second-order valence-corrected chi connectivity index (χ2v) is 4.97. The second-order valence-electron chi connectivity index (χ2n) is 4.97. The predicted molar refractivity (Wildman–Crippen MR) is 88.4 cm³/mol. The predicted octanol–water partition coefficient (Wildman–Crippen LogP) is 4.51. The van der Waals surface area contributed by atoms with Crippen molar-refractivity contribution in [2.45, 2.75) is 0 Å². The van der Waals surface area contributed by atoms with Crippen LogP contribution in [0, 0.1) is 10.1 Å². The van der Waals surface area contributed by atoms with Crippen molar-refractivity contribution in [3.63, 3.8) is 0 Å². The largest absolute Gasteiger partial charge is 0.398 e. The van der Waals surface area contributed by atoms with Crippen molar-refractivity contribution >= 4 is 11.4 Å². The summed E-state index contributed by atoms with van der Waals surface area (Å²) in [6.45, 7) is 0. The number of nitro groups is 1. The van der Waals surface area contributed by atoms with Gasteiger partial charge in [0.05, 0.1) is 4.92 Å². The Morgan fingerprint density at radius 1 is 0.773 bits per heavy atom. The molecule has 0 aliphatic rings. The van der Waals surface area contributed by atoms with Crippen LogP contribution in [0.2, 0.25) is 0 Å². The molecule has 0 aliphatic heterocycles. The van der Waals surface area contributed by atoms with Crippen LogP contribution in [-0.2, 0) is 0 Å². The Labute approximate surface area is 128 Å². The Hall–Kier alpha value is -3.14. The zero-order valence-corrected chi connectivity index (χ0v) is 11.8. The van der Waals surface area contributed by atoms with E-state index < -0.39 is 4.92 Å². The molecular weight excluding hydrogens is 276 g/mol. The van der Waals surface area contributed by atoms with E-state index >= 15 is 0 Å². The molecule has 4 heteroatoms. The third kappa shape index (κ3) is 2.67. The normalized spacial score (nSPS) is 10.4. The molecule has 0 aliphatic carbocycles. The van der Waals surface area contributed by atoms with E-state index in [1.165, 1.54) is 12.1 Å². The van der Waals surface area contributed by atoms with E-state index in [0.29, 0.717) is 11.3 Å². The summed E-state index contributed by atoms with van der Waals surface area (Å²) in [7, 11) is 0. The van der Waals surface area contributed by atoms with E-state index in [9.17, 15) is 10.1 Å². The molecule has 3 aromatic carbocycles. The first-order chi connectivity index (χ1) is 10.6. The van der Waals surface area contributed by atoms with Crippen LogP contribution in [0.15, 0.2) is 72.8 Å². The van der Waals surface area contributed by atoms with Crippen molar-refractivity contribution in [3.8, 4) is 22.3 Å². The zero-order valence-electron chi connectivity index (χ0n) is 11.8. The minimum atomic E-state index is -0.415. The summed E-state index contributed by atoms with van der Waals surface area (Å²) in [5.74, 6) is 0. The van der Waals surface area contributed by atoms with Gasteiger partial charge in [-0.1, -0.05) is 54.6 Å². The van der Waals surface area contributed by atoms with E-state index in [4.69, 9.17) is 5.73 Å². The lowest BCUT2D eigenvalue weighted by molar-refractivity contribution is -0.384. The molecule has 3 rings (SSSR count). The molecule has 0 saturated carbocycles. The quantitative estimate of drug-likeness (QED) is 0.438. The van der Waals surface area contributed by atoms with E-state index in [-0.39, 0.29) is 5.69 Å². The van der Waals surface area contributed by atoms with Gasteiger partial charge >= 0.3 is 0 Å². The lowest BCUT2D eigenvalue weighted by Gasteiger charge is -2.07. The first-order valence-corrected chi connectivity index (χ1v) is 6.85. The molecule has 0 spiro atoms. The van der Waals surface area contributed by atoms with Gasteiger partial charge in [-0.25, -0.2) is 0 Å². The highest BCUT2D eigenvalue weighted by Gasteiger charge is 2.10. The Morgan fingerprint density at radius 3 is 2.00 bits per heavy atom. The maximum atomic E-state index is 10.9. The average Bonchev–Trinajstić information content (AvgIpc) is 2.56. The third-order valence-electron chi connectivity index (χ3n) is 3.55. The SMILES string of the molecule is Nc1ccc([N+](=O)[O-])cc1-c1ccc(-c2ccccc2)cc1. The number of non-ortho nitro benzene ring substituents is 1. The molecule has 0 saturated heterocycles. The molecule has 4 nitrogen and oxygen atoms in total. The molecule has 3 aromatic rings. The molecule has 0 unspecified atom stereocenters. The van der Waals surface area contributed by atoms with Crippen LogP contribution in [0.1, 0.15) is 0 Å². The summed E-state index contributed by atoms with van der Waals surface area (Å²) in [4.78, 5) is 10.5. The van der Waals surface area contributed by atoms with Crippen molar-refractivity contribution < 1.29 is 4.92 Å². The molecule has 0 radical (unpaired) electrons. The summed E-state index contributed by atoms with van der Waals surface area (Å²) >= 11 is 0. The molecule has 0 fully saturated rings. The number of anilines is 1. The maximum Gasteiger partial charge on any atom is 0.270 e. The number of hydrogen-bond acceptors (Lipinski definition) is 3. The first kappa shape index (κ1) is 13.8. The second kappa shape index (κ2) is 5.69. The van der Waals surface area contributed by atoms with Crippen LogP contribution < -0.4 is 5.73 Å². The lowest BCUT2D eigenvalue weighted by atomic mass is 9.99. The monoisotopic (exact) mass is 290 g/mol. The van der Waals surface area contributed by atoms with Gasteiger partial charge in [0.25, 0.3) is 5.69 Å². The summed E-state index contributed by atoms with van der Waals surface area (Å²) < 4.78 is 0. The number of nitro benzene ring substituents is 1. The van der Waals surface area contributed by atoms with Gasteiger partial charge in [0, 0.05) is 23.4 Å². The fraction of sp³-hybridized carbons (Fsp3) is 0. The van der Waals surface area contributed by atoms with Crippen LogP contribution in [0.3, 0.4) is 0 Å². The average molecular weight is 290 g/mol. The molecule has 108 valence electrons. The lowest BCUT2D eigenvalue weighted by Crippen LogP contribution is -1.93. The smallest absolute Gasteiger partial charge is 0.270 e. The summed E-state index contributed by atoms with van der Waals surface area (Å²) in [6.07, 6.45) is 0. The van der Waals surface area contributed by atoms with Crippen molar-refractivity contribution in [3.05, 3.63) is 82.9 Å². The molecular formula is C18H14N2O2. The minimum absolute atomic E-state index is 0.0383. The van der Waals surface area contributed by atoms with Gasteiger partial charge in [-0.15, -0.1) is 0 Å².